The predicted octanol–water partition coefficient (Wildman–Crippen LogP) is 3.54. The number of rotatable bonds is 5. The molecule has 1 aliphatic heterocycles. The van der Waals surface area contributed by atoms with Crippen LogP contribution in [0.15, 0.2) is 41.5 Å². The molecule has 174 valence electrons. The quantitative estimate of drug-likeness (QED) is 0.576. The Labute approximate surface area is 197 Å². The first-order chi connectivity index (χ1) is 15.7. The summed E-state index contributed by atoms with van der Waals surface area (Å²) in [6.45, 7) is 7.97. The zero-order valence-corrected chi connectivity index (χ0v) is 20.4. The van der Waals surface area contributed by atoms with E-state index in [1.165, 1.54) is 22.2 Å². The maximum Gasteiger partial charge on any atom is 0.264 e. The maximum absolute atomic E-state index is 13.2. The van der Waals surface area contributed by atoms with Gasteiger partial charge in [-0.1, -0.05) is 44.2 Å². The van der Waals surface area contributed by atoms with E-state index in [0.29, 0.717) is 39.0 Å². The first-order valence-electron chi connectivity index (χ1n) is 11.3. The molecule has 3 aromatic rings. The van der Waals surface area contributed by atoms with E-state index in [1.54, 1.807) is 18.9 Å². The number of thiophene rings is 1. The summed E-state index contributed by atoms with van der Waals surface area (Å²) in [5.74, 6) is 0.701. The second-order valence-electron chi connectivity index (χ2n) is 9.31. The van der Waals surface area contributed by atoms with Gasteiger partial charge in [0.2, 0.25) is 5.91 Å². The molecule has 4 rings (SSSR count). The lowest BCUT2D eigenvalue weighted by Gasteiger charge is -2.35. The molecule has 8 heteroatoms. The molecule has 1 saturated heterocycles. The number of fused-ring (bicyclic) bond motifs is 1. The minimum absolute atomic E-state index is 0.0340. The Morgan fingerprint density at radius 1 is 1.15 bits per heavy atom. The maximum atomic E-state index is 13.2. The SMILES string of the molecule is Cc1c(C(=O)N(C)Cc2ccccc2)sc2ncn(CC(=O)N3C[C@H](C)C[C@@H](C)C3)c(=O)c12. The molecule has 2 atom stereocenters. The Kier molecular flexibility index (Phi) is 6.65. The molecular weight excluding hydrogens is 436 g/mol. The van der Waals surface area contributed by atoms with Gasteiger partial charge in [0.05, 0.1) is 16.6 Å². The number of benzene rings is 1. The highest BCUT2D eigenvalue weighted by molar-refractivity contribution is 7.20. The first kappa shape index (κ1) is 23.2. The minimum Gasteiger partial charge on any atom is -0.341 e. The van der Waals surface area contributed by atoms with Gasteiger partial charge >= 0.3 is 0 Å². The van der Waals surface area contributed by atoms with Crippen LogP contribution in [0.3, 0.4) is 0 Å². The highest BCUT2D eigenvalue weighted by Crippen LogP contribution is 2.28. The van der Waals surface area contributed by atoms with Gasteiger partial charge in [0.1, 0.15) is 11.4 Å². The number of amides is 2. The molecule has 0 radical (unpaired) electrons. The normalized spacial score (nSPS) is 18.5. The molecule has 0 spiro atoms. The minimum atomic E-state index is -0.273. The summed E-state index contributed by atoms with van der Waals surface area (Å²) in [7, 11) is 1.75. The van der Waals surface area contributed by atoms with Crippen LogP contribution in [0.2, 0.25) is 0 Å². The van der Waals surface area contributed by atoms with Crippen molar-refractivity contribution in [3.63, 3.8) is 0 Å². The number of carbonyl (C=O) groups is 2. The van der Waals surface area contributed by atoms with Gasteiger partial charge in [-0.3, -0.25) is 19.0 Å². The molecule has 0 unspecified atom stereocenters. The predicted molar refractivity (Wildman–Crippen MR) is 130 cm³/mol. The third-order valence-electron chi connectivity index (χ3n) is 6.25. The number of piperidine rings is 1. The van der Waals surface area contributed by atoms with E-state index in [1.807, 2.05) is 35.2 Å². The van der Waals surface area contributed by atoms with Crippen molar-refractivity contribution in [2.75, 3.05) is 20.1 Å². The third kappa shape index (κ3) is 4.85. The number of hydrogen-bond donors (Lipinski definition) is 0. The van der Waals surface area contributed by atoms with E-state index in [-0.39, 0.29) is 23.9 Å². The second-order valence-corrected chi connectivity index (χ2v) is 10.3. The molecule has 1 aliphatic rings. The standard InChI is InChI=1S/C25H30N4O3S/c1-16-10-17(2)12-28(11-16)20(30)14-29-15-26-23-21(24(29)31)18(3)22(33-23)25(32)27(4)13-19-8-6-5-7-9-19/h5-9,15-17H,10-14H2,1-4H3/t16-,17-/m1/s1. The number of likely N-dealkylation sites (tertiary alicyclic amines) is 1. The largest absolute Gasteiger partial charge is 0.341 e. The fourth-order valence-electron chi connectivity index (χ4n) is 4.69. The molecule has 2 amide bonds. The van der Waals surface area contributed by atoms with Crippen molar-refractivity contribution in [3.8, 4) is 0 Å². The fourth-order valence-corrected chi connectivity index (χ4v) is 5.82. The monoisotopic (exact) mass is 466 g/mol. The van der Waals surface area contributed by atoms with Crippen molar-refractivity contribution in [2.45, 2.75) is 40.3 Å². The Hall–Kier alpha value is -3.00. The van der Waals surface area contributed by atoms with Gasteiger partial charge in [0, 0.05) is 26.7 Å². The number of aromatic nitrogens is 2. The van der Waals surface area contributed by atoms with Crippen LogP contribution in [0.25, 0.3) is 10.2 Å². The van der Waals surface area contributed by atoms with Gasteiger partial charge < -0.3 is 9.80 Å². The van der Waals surface area contributed by atoms with Crippen molar-refractivity contribution in [1.82, 2.24) is 19.4 Å². The second kappa shape index (κ2) is 9.47. The van der Waals surface area contributed by atoms with E-state index in [9.17, 15) is 14.4 Å². The smallest absolute Gasteiger partial charge is 0.264 e. The van der Waals surface area contributed by atoms with Crippen LogP contribution in [-0.4, -0.2) is 51.3 Å². The average molecular weight is 467 g/mol. The number of hydrogen-bond acceptors (Lipinski definition) is 5. The molecule has 7 nitrogen and oxygen atoms in total. The number of aryl methyl sites for hydroxylation is 1. The highest BCUT2D eigenvalue weighted by atomic mass is 32.1. The summed E-state index contributed by atoms with van der Waals surface area (Å²) >= 11 is 1.23. The third-order valence-corrected chi connectivity index (χ3v) is 7.44. The van der Waals surface area contributed by atoms with E-state index in [2.05, 4.69) is 18.8 Å². The molecule has 33 heavy (non-hydrogen) atoms. The molecule has 0 bridgehead atoms. The van der Waals surface area contributed by atoms with Crippen LogP contribution in [0.4, 0.5) is 0 Å². The van der Waals surface area contributed by atoms with Crippen molar-refractivity contribution >= 4 is 33.4 Å². The molecule has 0 aliphatic carbocycles. The van der Waals surface area contributed by atoms with Crippen LogP contribution in [-0.2, 0) is 17.9 Å². The summed E-state index contributed by atoms with van der Waals surface area (Å²) in [5, 5.41) is 0.423. The summed E-state index contributed by atoms with van der Waals surface area (Å²) in [6.07, 6.45) is 2.54. The van der Waals surface area contributed by atoms with E-state index >= 15 is 0 Å². The van der Waals surface area contributed by atoms with Crippen molar-refractivity contribution in [2.24, 2.45) is 11.8 Å². The van der Waals surface area contributed by atoms with Crippen LogP contribution in [0, 0.1) is 18.8 Å². The van der Waals surface area contributed by atoms with Crippen molar-refractivity contribution in [1.29, 1.82) is 0 Å². The van der Waals surface area contributed by atoms with Gasteiger partial charge in [-0.15, -0.1) is 11.3 Å². The number of nitrogens with zero attached hydrogens (tertiary/aromatic N) is 4. The molecule has 2 aromatic heterocycles. The van der Waals surface area contributed by atoms with Crippen LogP contribution in [0.5, 0.6) is 0 Å². The van der Waals surface area contributed by atoms with Gasteiger partial charge in [-0.05, 0) is 36.3 Å². The Morgan fingerprint density at radius 3 is 2.48 bits per heavy atom. The van der Waals surface area contributed by atoms with Crippen LogP contribution in [0.1, 0.15) is 41.1 Å². The highest BCUT2D eigenvalue weighted by Gasteiger charge is 2.27. The van der Waals surface area contributed by atoms with E-state index in [4.69, 9.17) is 0 Å². The molecule has 1 aromatic carbocycles. The molecule has 0 N–H and O–H groups in total. The topological polar surface area (TPSA) is 75.5 Å². The molecule has 1 fully saturated rings. The lowest BCUT2D eigenvalue weighted by atomic mass is 9.92. The molecule has 0 saturated carbocycles. The first-order valence-corrected chi connectivity index (χ1v) is 12.1. The van der Waals surface area contributed by atoms with E-state index in [0.717, 1.165) is 25.1 Å². The lowest BCUT2D eigenvalue weighted by molar-refractivity contribution is -0.134. The summed E-state index contributed by atoms with van der Waals surface area (Å²) in [6, 6.07) is 9.77. The van der Waals surface area contributed by atoms with Gasteiger partial charge in [-0.25, -0.2) is 4.98 Å². The average Bonchev–Trinajstić information content (AvgIpc) is 3.12. The Morgan fingerprint density at radius 2 is 1.82 bits per heavy atom. The van der Waals surface area contributed by atoms with Gasteiger partial charge in [0.25, 0.3) is 11.5 Å². The summed E-state index contributed by atoms with van der Waals surface area (Å²) in [4.78, 5) is 48.2. The Bertz CT molecular complexity index is 1220. The van der Waals surface area contributed by atoms with Crippen LogP contribution < -0.4 is 5.56 Å². The van der Waals surface area contributed by atoms with Gasteiger partial charge in [0.15, 0.2) is 0 Å². The zero-order chi connectivity index (χ0) is 23.7. The molecule has 3 heterocycles. The summed E-state index contributed by atoms with van der Waals surface area (Å²) in [5.41, 5.74) is 1.39. The van der Waals surface area contributed by atoms with Crippen LogP contribution >= 0.6 is 11.3 Å². The van der Waals surface area contributed by atoms with E-state index < -0.39 is 0 Å². The van der Waals surface area contributed by atoms with Gasteiger partial charge in [-0.2, -0.15) is 0 Å². The lowest BCUT2D eigenvalue weighted by Crippen LogP contribution is -2.44. The summed E-state index contributed by atoms with van der Waals surface area (Å²) < 4.78 is 1.37. The molecular formula is C25H30N4O3S. The zero-order valence-electron chi connectivity index (χ0n) is 19.6. The number of carbonyl (C=O) groups excluding carboxylic acids is 2. The Balaban J connectivity index is 1.57. The van der Waals surface area contributed by atoms with Crippen molar-refractivity contribution < 1.29 is 9.59 Å². The van der Waals surface area contributed by atoms with Crippen molar-refractivity contribution in [3.05, 3.63) is 63.0 Å². The fraction of sp³-hybridized carbons (Fsp3) is 0.440.